The lowest BCUT2D eigenvalue weighted by molar-refractivity contribution is -0.121. The molecule has 3 rings (SSSR count). The van der Waals surface area contributed by atoms with Crippen molar-refractivity contribution in [2.45, 2.75) is 19.4 Å². The molecular weight excluding hydrogens is 336 g/mol. The average Bonchev–Trinajstić information content (AvgIpc) is 2.89. The van der Waals surface area contributed by atoms with E-state index in [-0.39, 0.29) is 30.6 Å². The van der Waals surface area contributed by atoms with Gasteiger partial charge in [-0.2, -0.15) is 0 Å². The van der Waals surface area contributed by atoms with Gasteiger partial charge in [0, 0.05) is 11.8 Å². The van der Waals surface area contributed by atoms with Crippen LogP contribution in [0.15, 0.2) is 48.5 Å². The van der Waals surface area contributed by atoms with Crippen molar-refractivity contribution in [3.8, 4) is 5.75 Å². The maximum Gasteiger partial charge on any atom is 0.338 e. The van der Waals surface area contributed by atoms with Crippen LogP contribution in [-0.4, -0.2) is 35.5 Å². The Labute approximate surface area is 150 Å². The molecule has 2 aromatic rings. The van der Waals surface area contributed by atoms with Gasteiger partial charge in [-0.15, -0.1) is 0 Å². The van der Waals surface area contributed by atoms with E-state index in [4.69, 9.17) is 4.74 Å². The number of ether oxygens (including phenoxy) is 1. The van der Waals surface area contributed by atoms with Crippen LogP contribution in [0.3, 0.4) is 0 Å². The topological polar surface area (TPSA) is 95.9 Å². The minimum atomic E-state index is -0.714. The summed E-state index contributed by atoms with van der Waals surface area (Å²) in [4.78, 5) is 37.7. The number of rotatable bonds is 5. The lowest BCUT2D eigenvalue weighted by Crippen LogP contribution is -2.34. The number of amides is 2. The zero-order valence-corrected chi connectivity index (χ0v) is 14.1. The van der Waals surface area contributed by atoms with Crippen LogP contribution < -0.4 is 10.2 Å². The minimum Gasteiger partial charge on any atom is -0.508 e. The number of hydrogen-bond acceptors (Lipinski definition) is 6. The Morgan fingerprint density at radius 3 is 2.62 bits per heavy atom. The van der Waals surface area contributed by atoms with Crippen LogP contribution in [0.4, 0.5) is 11.4 Å². The van der Waals surface area contributed by atoms with E-state index in [0.717, 1.165) is 4.90 Å². The summed E-state index contributed by atoms with van der Waals surface area (Å²) in [5.41, 5.74) is 1.30. The number of carbonyl (C=O) groups is 3. The molecule has 1 saturated heterocycles. The largest absolute Gasteiger partial charge is 0.508 e. The Balaban J connectivity index is 1.75. The molecule has 1 atom stereocenters. The molecule has 1 aliphatic heterocycles. The van der Waals surface area contributed by atoms with Crippen molar-refractivity contribution in [2.24, 2.45) is 0 Å². The maximum atomic E-state index is 12.6. The fraction of sp³-hybridized carbons (Fsp3) is 0.211. The van der Waals surface area contributed by atoms with Crippen molar-refractivity contribution < 1.29 is 24.2 Å². The third-order valence-electron chi connectivity index (χ3n) is 3.97. The number of nitrogens with zero attached hydrogens (tertiary/aromatic N) is 1. The number of aromatic hydroxyl groups is 1. The SMILES string of the molecule is CCOC(=O)c1ccc(N2C(=O)C[C@@H](Nc3cccc(O)c3)C2=O)cc1. The van der Waals surface area contributed by atoms with Gasteiger partial charge < -0.3 is 15.2 Å². The van der Waals surface area contributed by atoms with E-state index in [9.17, 15) is 19.5 Å². The monoisotopic (exact) mass is 354 g/mol. The van der Waals surface area contributed by atoms with Gasteiger partial charge in [-0.05, 0) is 43.3 Å². The normalized spacial score (nSPS) is 16.7. The first-order valence-electron chi connectivity index (χ1n) is 8.19. The van der Waals surface area contributed by atoms with E-state index in [1.54, 1.807) is 31.2 Å². The van der Waals surface area contributed by atoms with Gasteiger partial charge in [0.25, 0.3) is 5.91 Å². The molecule has 2 N–H and O–H groups in total. The second-order valence-electron chi connectivity index (χ2n) is 5.79. The van der Waals surface area contributed by atoms with Gasteiger partial charge in [0.15, 0.2) is 0 Å². The number of phenolic OH excluding ortho intramolecular Hbond substituents is 1. The third kappa shape index (κ3) is 3.51. The fourth-order valence-corrected chi connectivity index (χ4v) is 2.77. The van der Waals surface area contributed by atoms with Crippen molar-refractivity contribution in [1.29, 1.82) is 0 Å². The summed E-state index contributed by atoms with van der Waals surface area (Å²) in [5.74, 6) is -1.11. The quantitative estimate of drug-likeness (QED) is 0.632. The molecule has 1 fully saturated rings. The average molecular weight is 354 g/mol. The van der Waals surface area contributed by atoms with Crippen LogP contribution in [0.2, 0.25) is 0 Å². The van der Waals surface area contributed by atoms with Gasteiger partial charge in [-0.3, -0.25) is 9.59 Å². The smallest absolute Gasteiger partial charge is 0.338 e. The highest BCUT2D eigenvalue weighted by Crippen LogP contribution is 2.26. The van der Waals surface area contributed by atoms with E-state index < -0.39 is 12.0 Å². The first kappa shape index (κ1) is 17.5. The van der Waals surface area contributed by atoms with Gasteiger partial charge in [0.1, 0.15) is 11.8 Å². The number of carbonyl (C=O) groups excluding carboxylic acids is 3. The van der Waals surface area contributed by atoms with E-state index in [2.05, 4.69) is 5.32 Å². The molecule has 2 amide bonds. The van der Waals surface area contributed by atoms with Gasteiger partial charge >= 0.3 is 5.97 Å². The van der Waals surface area contributed by atoms with E-state index in [1.165, 1.54) is 24.3 Å². The number of phenols is 1. The Kier molecular flexibility index (Phi) is 4.88. The number of benzene rings is 2. The van der Waals surface area contributed by atoms with Crippen molar-refractivity contribution in [3.63, 3.8) is 0 Å². The number of esters is 1. The standard InChI is InChI=1S/C19H18N2O5/c1-2-26-19(25)12-6-8-14(9-7-12)21-17(23)11-16(18(21)24)20-13-4-3-5-15(22)10-13/h3-10,16,20,22H,2,11H2,1H3/t16-/m1/s1. The summed E-state index contributed by atoms with van der Waals surface area (Å²) < 4.78 is 4.91. The van der Waals surface area contributed by atoms with Gasteiger partial charge in [0.2, 0.25) is 5.91 Å². The summed E-state index contributed by atoms with van der Waals surface area (Å²) in [6.07, 6.45) is 0.00805. The fourth-order valence-electron chi connectivity index (χ4n) is 2.77. The third-order valence-corrected chi connectivity index (χ3v) is 3.97. The molecule has 0 saturated carbocycles. The van der Waals surface area contributed by atoms with Crippen LogP contribution in [-0.2, 0) is 14.3 Å². The molecule has 0 aliphatic carbocycles. The molecule has 0 unspecified atom stereocenters. The highest BCUT2D eigenvalue weighted by atomic mass is 16.5. The van der Waals surface area contributed by atoms with Crippen molar-refractivity contribution >= 4 is 29.2 Å². The van der Waals surface area contributed by atoms with Crippen molar-refractivity contribution in [2.75, 3.05) is 16.8 Å². The summed E-state index contributed by atoms with van der Waals surface area (Å²) in [6, 6.07) is 11.7. The zero-order chi connectivity index (χ0) is 18.7. The Bertz CT molecular complexity index is 847. The van der Waals surface area contributed by atoms with Gasteiger partial charge in [-0.25, -0.2) is 9.69 Å². The molecule has 0 radical (unpaired) electrons. The molecular formula is C19H18N2O5. The highest BCUT2D eigenvalue weighted by Gasteiger charge is 2.39. The number of nitrogens with one attached hydrogen (secondary N) is 1. The lowest BCUT2D eigenvalue weighted by atomic mass is 10.2. The Morgan fingerprint density at radius 2 is 1.96 bits per heavy atom. The van der Waals surface area contributed by atoms with Crippen LogP contribution in [0.1, 0.15) is 23.7 Å². The van der Waals surface area contributed by atoms with E-state index >= 15 is 0 Å². The van der Waals surface area contributed by atoms with Crippen molar-refractivity contribution in [1.82, 2.24) is 0 Å². The first-order chi connectivity index (χ1) is 12.5. The molecule has 26 heavy (non-hydrogen) atoms. The lowest BCUT2D eigenvalue weighted by Gasteiger charge is -2.16. The van der Waals surface area contributed by atoms with Crippen molar-refractivity contribution in [3.05, 3.63) is 54.1 Å². The van der Waals surface area contributed by atoms with Crippen LogP contribution in [0.5, 0.6) is 5.75 Å². The van der Waals surface area contributed by atoms with Crippen LogP contribution >= 0.6 is 0 Å². The Hall–Kier alpha value is -3.35. The number of imide groups is 1. The second-order valence-corrected chi connectivity index (χ2v) is 5.79. The maximum absolute atomic E-state index is 12.6. The van der Waals surface area contributed by atoms with Gasteiger partial charge in [-0.1, -0.05) is 6.07 Å². The van der Waals surface area contributed by atoms with Crippen LogP contribution in [0.25, 0.3) is 0 Å². The molecule has 1 aliphatic rings. The predicted molar refractivity (Wildman–Crippen MR) is 95.0 cm³/mol. The van der Waals surface area contributed by atoms with Gasteiger partial charge in [0.05, 0.1) is 24.3 Å². The molecule has 0 aromatic heterocycles. The summed E-state index contributed by atoms with van der Waals surface area (Å²) in [7, 11) is 0. The molecule has 0 bridgehead atoms. The predicted octanol–water partition coefficient (Wildman–Crippen LogP) is 2.31. The summed E-state index contributed by atoms with van der Waals surface area (Å²) in [6.45, 7) is 1.99. The Morgan fingerprint density at radius 1 is 1.23 bits per heavy atom. The highest BCUT2D eigenvalue weighted by molar-refractivity contribution is 6.23. The first-order valence-corrected chi connectivity index (χ1v) is 8.19. The zero-order valence-electron chi connectivity index (χ0n) is 14.1. The summed E-state index contributed by atoms with van der Waals surface area (Å²) in [5, 5.41) is 12.5. The molecule has 0 spiro atoms. The second kappa shape index (κ2) is 7.26. The van der Waals surface area contributed by atoms with E-state index in [0.29, 0.717) is 16.9 Å². The summed E-state index contributed by atoms with van der Waals surface area (Å²) >= 11 is 0. The minimum absolute atomic E-state index is 0.00805. The number of hydrogen-bond donors (Lipinski definition) is 2. The molecule has 2 aromatic carbocycles. The number of anilines is 2. The molecule has 1 heterocycles. The van der Waals surface area contributed by atoms with E-state index in [1.807, 2.05) is 0 Å². The molecule has 7 nitrogen and oxygen atoms in total. The molecule has 7 heteroatoms. The van der Waals surface area contributed by atoms with Crippen LogP contribution in [0, 0.1) is 0 Å². The molecule has 134 valence electrons.